The fraction of sp³-hybridized carbons (Fsp3) is 0.583. The molecule has 0 saturated carbocycles. The molecule has 1 heterocycles. The maximum atomic E-state index is 8.94. The molecule has 2 N–H and O–H groups in total. The van der Waals surface area contributed by atoms with Gasteiger partial charge >= 0.3 is 0 Å². The zero-order valence-electron chi connectivity index (χ0n) is 10.3. The van der Waals surface area contributed by atoms with Gasteiger partial charge in [0.1, 0.15) is 5.82 Å². The summed E-state index contributed by atoms with van der Waals surface area (Å²) >= 11 is 0. The van der Waals surface area contributed by atoms with Crippen LogP contribution in [0.15, 0.2) is 18.2 Å². The summed E-state index contributed by atoms with van der Waals surface area (Å²) in [5.74, 6) is 1.32. The Kier molecular flexibility index (Phi) is 6.35. The summed E-state index contributed by atoms with van der Waals surface area (Å²) in [6.07, 6.45) is 0.619. The molecule has 0 spiro atoms. The summed E-state index contributed by atoms with van der Waals surface area (Å²) in [4.78, 5) is 4.30. The smallest absolute Gasteiger partial charge is 0.215 e. The van der Waals surface area contributed by atoms with Crippen LogP contribution in [0.5, 0.6) is 5.88 Å². The first-order valence-electron chi connectivity index (χ1n) is 5.76. The van der Waals surface area contributed by atoms with E-state index >= 15 is 0 Å². The molecule has 0 saturated heterocycles. The standard InChI is InChI=1S/C12H20N2O3/c1-3-17-12-6-4-5-11(14-12)13-10(7-8-15)9-16-2/h4-6,10,15H,3,7-9H2,1-2H3,(H,13,14). The number of aliphatic hydroxyl groups excluding tert-OH is 1. The van der Waals surface area contributed by atoms with Crippen molar-refractivity contribution in [2.24, 2.45) is 0 Å². The van der Waals surface area contributed by atoms with Crippen molar-refractivity contribution in [3.8, 4) is 5.88 Å². The fourth-order valence-corrected chi connectivity index (χ4v) is 1.49. The third-order valence-corrected chi connectivity index (χ3v) is 2.21. The van der Waals surface area contributed by atoms with Gasteiger partial charge < -0.3 is 19.9 Å². The van der Waals surface area contributed by atoms with Gasteiger partial charge in [-0.25, -0.2) is 0 Å². The number of aliphatic hydroxyl groups is 1. The van der Waals surface area contributed by atoms with Gasteiger partial charge in [0.25, 0.3) is 0 Å². The van der Waals surface area contributed by atoms with Crippen molar-refractivity contribution >= 4 is 5.82 Å². The number of methoxy groups -OCH3 is 1. The predicted molar refractivity (Wildman–Crippen MR) is 66.4 cm³/mol. The van der Waals surface area contributed by atoms with Crippen molar-refractivity contribution in [1.82, 2.24) is 4.98 Å². The van der Waals surface area contributed by atoms with Crippen molar-refractivity contribution in [2.75, 3.05) is 32.2 Å². The minimum absolute atomic E-state index is 0.0503. The second kappa shape index (κ2) is 7.86. The first-order chi connectivity index (χ1) is 8.30. The Morgan fingerprint density at radius 2 is 2.29 bits per heavy atom. The van der Waals surface area contributed by atoms with E-state index in [-0.39, 0.29) is 12.6 Å². The Labute approximate surface area is 102 Å². The average Bonchev–Trinajstić information content (AvgIpc) is 2.30. The number of anilines is 1. The molecule has 1 aromatic heterocycles. The quantitative estimate of drug-likeness (QED) is 0.717. The lowest BCUT2D eigenvalue weighted by molar-refractivity contribution is 0.170. The minimum Gasteiger partial charge on any atom is -0.478 e. The molecule has 5 nitrogen and oxygen atoms in total. The molecular formula is C12H20N2O3. The summed E-state index contributed by atoms with van der Waals surface area (Å²) in [6.45, 7) is 3.16. The van der Waals surface area contributed by atoms with Gasteiger partial charge in [-0.15, -0.1) is 0 Å². The molecule has 1 atom stereocenters. The Hall–Kier alpha value is -1.33. The summed E-state index contributed by atoms with van der Waals surface area (Å²) in [5.41, 5.74) is 0. The zero-order chi connectivity index (χ0) is 12.5. The van der Waals surface area contributed by atoms with Crippen molar-refractivity contribution in [1.29, 1.82) is 0 Å². The highest BCUT2D eigenvalue weighted by atomic mass is 16.5. The molecule has 0 fully saturated rings. The van der Waals surface area contributed by atoms with Crippen molar-refractivity contribution in [2.45, 2.75) is 19.4 Å². The molecule has 0 aliphatic carbocycles. The topological polar surface area (TPSA) is 63.6 Å². The third kappa shape index (κ3) is 5.01. The molecule has 0 aliphatic rings. The van der Waals surface area contributed by atoms with Crippen LogP contribution in [-0.4, -0.2) is 43.1 Å². The first kappa shape index (κ1) is 13.7. The number of hydrogen-bond donors (Lipinski definition) is 2. The van der Waals surface area contributed by atoms with Crippen molar-refractivity contribution < 1.29 is 14.6 Å². The summed E-state index contributed by atoms with van der Waals surface area (Å²) in [6, 6.07) is 5.60. The number of ether oxygens (including phenoxy) is 2. The van der Waals surface area contributed by atoms with Crippen LogP contribution < -0.4 is 10.1 Å². The molecule has 1 rings (SSSR count). The van der Waals surface area contributed by atoms with E-state index in [1.165, 1.54) is 0 Å². The number of hydrogen-bond acceptors (Lipinski definition) is 5. The van der Waals surface area contributed by atoms with Gasteiger partial charge in [0.2, 0.25) is 5.88 Å². The van der Waals surface area contributed by atoms with Gasteiger partial charge in [0.15, 0.2) is 0 Å². The van der Waals surface area contributed by atoms with E-state index in [4.69, 9.17) is 14.6 Å². The van der Waals surface area contributed by atoms with Crippen LogP contribution in [0, 0.1) is 0 Å². The fourth-order valence-electron chi connectivity index (χ4n) is 1.49. The number of aromatic nitrogens is 1. The minimum atomic E-state index is 0.0503. The number of rotatable bonds is 8. The summed E-state index contributed by atoms with van der Waals surface area (Å²) in [7, 11) is 1.64. The molecule has 0 bridgehead atoms. The lowest BCUT2D eigenvalue weighted by Gasteiger charge is -2.17. The van der Waals surface area contributed by atoms with Crippen LogP contribution in [0.3, 0.4) is 0 Å². The molecule has 5 heteroatoms. The highest BCUT2D eigenvalue weighted by Crippen LogP contribution is 2.13. The van der Waals surface area contributed by atoms with Gasteiger partial charge in [-0.05, 0) is 19.4 Å². The van der Waals surface area contributed by atoms with E-state index in [9.17, 15) is 0 Å². The van der Waals surface area contributed by atoms with Crippen LogP contribution in [-0.2, 0) is 4.74 Å². The van der Waals surface area contributed by atoms with Gasteiger partial charge in [0.05, 0.1) is 19.3 Å². The SMILES string of the molecule is CCOc1cccc(NC(CCO)COC)n1. The van der Waals surface area contributed by atoms with Crippen LogP contribution in [0.1, 0.15) is 13.3 Å². The van der Waals surface area contributed by atoms with Gasteiger partial charge in [-0.3, -0.25) is 0 Å². The normalized spacial score (nSPS) is 12.2. The maximum absolute atomic E-state index is 8.94. The Bertz CT molecular complexity index is 314. The van der Waals surface area contributed by atoms with E-state index in [0.29, 0.717) is 25.5 Å². The monoisotopic (exact) mass is 240 g/mol. The molecule has 1 aromatic rings. The molecule has 0 radical (unpaired) electrons. The van der Waals surface area contributed by atoms with Crippen molar-refractivity contribution in [3.05, 3.63) is 18.2 Å². The Morgan fingerprint density at radius 3 is 2.94 bits per heavy atom. The van der Waals surface area contributed by atoms with Crippen LogP contribution in [0.4, 0.5) is 5.82 Å². The number of nitrogens with one attached hydrogen (secondary N) is 1. The second-order valence-corrected chi connectivity index (χ2v) is 3.60. The van der Waals surface area contributed by atoms with Crippen LogP contribution in [0.2, 0.25) is 0 Å². The Balaban J connectivity index is 2.60. The van der Waals surface area contributed by atoms with Gasteiger partial charge in [-0.2, -0.15) is 4.98 Å². The zero-order valence-corrected chi connectivity index (χ0v) is 10.3. The summed E-state index contributed by atoms with van der Waals surface area (Å²) < 4.78 is 10.4. The highest BCUT2D eigenvalue weighted by Gasteiger charge is 2.08. The number of nitrogens with zero attached hydrogens (tertiary/aromatic N) is 1. The number of pyridine rings is 1. The lowest BCUT2D eigenvalue weighted by atomic mass is 10.2. The lowest BCUT2D eigenvalue weighted by Crippen LogP contribution is -2.26. The molecule has 17 heavy (non-hydrogen) atoms. The molecule has 0 amide bonds. The molecule has 0 aliphatic heterocycles. The van der Waals surface area contributed by atoms with E-state index in [2.05, 4.69) is 10.3 Å². The highest BCUT2D eigenvalue weighted by molar-refractivity contribution is 5.38. The van der Waals surface area contributed by atoms with E-state index in [0.717, 1.165) is 5.82 Å². The van der Waals surface area contributed by atoms with E-state index in [1.54, 1.807) is 7.11 Å². The second-order valence-electron chi connectivity index (χ2n) is 3.60. The molecular weight excluding hydrogens is 220 g/mol. The molecule has 96 valence electrons. The van der Waals surface area contributed by atoms with E-state index in [1.807, 2.05) is 25.1 Å². The van der Waals surface area contributed by atoms with Gasteiger partial charge in [-0.1, -0.05) is 6.07 Å². The van der Waals surface area contributed by atoms with E-state index < -0.39 is 0 Å². The third-order valence-electron chi connectivity index (χ3n) is 2.21. The molecule has 1 unspecified atom stereocenters. The average molecular weight is 240 g/mol. The summed E-state index contributed by atoms with van der Waals surface area (Å²) in [5, 5.41) is 12.1. The molecule has 0 aromatic carbocycles. The van der Waals surface area contributed by atoms with Crippen molar-refractivity contribution in [3.63, 3.8) is 0 Å². The van der Waals surface area contributed by atoms with Crippen LogP contribution >= 0.6 is 0 Å². The predicted octanol–water partition coefficient (Wildman–Crippen LogP) is 1.29. The maximum Gasteiger partial charge on any atom is 0.215 e. The van der Waals surface area contributed by atoms with Crippen LogP contribution in [0.25, 0.3) is 0 Å². The van der Waals surface area contributed by atoms with Gasteiger partial charge in [0, 0.05) is 19.8 Å². The Morgan fingerprint density at radius 1 is 1.47 bits per heavy atom. The largest absolute Gasteiger partial charge is 0.478 e. The first-order valence-corrected chi connectivity index (χ1v) is 5.76.